The first-order chi connectivity index (χ1) is 8.29. The van der Waals surface area contributed by atoms with Crippen molar-refractivity contribution in [1.82, 2.24) is 4.90 Å². The Morgan fingerprint density at radius 1 is 1.33 bits per heavy atom. The average Bonchev–Trinajstić information content (AvgIpc) is 2.27. The first-order valence-electron chi connectivity index (χ1n) is 4.71. The maximum atomic E-state index is 12.1. The molecule has 0 radical (unpaired) electrons. The molecule has 0 bridgehead atoms. The quantitative estimate of drug-likeness (QED) is 0.568. The molecule has 18 heavy (non-hydrogen) atoms. The van der Waals surface area contributed by atoms with Crippen LogP contribution in [0.1, 0.15) is 0 Å². The lowest BCUT2D eigenvalue weighted by atomic mass is 10.3. The van der Waals surface area contributed by atoms with Crippen LogP contribution in [0.15, 0.2) is 41.4 Å². The summed E-state index contributed by atoms with van der Waals surface area (Å²) >= 11 is 0. The van der Waals surface area contributed by atoms with Crippen molar-refractivity contribution in [3.63, 3.8) is 0 Å². The van der Waals surface area contributed by atoms with Crippen LogP contribution in [-0.2, 0) is 14.3 Å². The van der Waals surface area contributed by atoms with Crippen LogP contribution < -0.4 is 0 Å². The van der Waals surface area contributed by atoms with E-state index in [0.29, 0.717) is 5.84 Å². The van der Waals surface area contributed by atoms with Gasteiger partial charge in [0.05, 0.1) is 0 Å². The number of aliphatic imine (C=N–C) groups is 1. The van der Waals surface area contributed by atoms with Crippen LogP contribution in [0, 0.1) is 0 Å². The molecule has 0 aromatic carbocycles. The molecule has 0 aliphatic carbocycles. The molecule has 0 atom stereocenters. The van der Waals surface area contributed by atoms with Gasteiger partial charge in [-0.25, -0.2) is 0 Å². The van der Waals surface area contributed by atoms with Gasteiger partial charge in [-0.2, -0.15) is 26.6 Å². The number of fused-ring (bicyclic) bond motifs is 1. The second kappa shape index (κ2) is 4.16. The predicted octanol–water partition coefficient (Wildman–Crippen LogP) is 1.49. The molecule has 0 aromatic heterocycles. The predicted molar refractivity (Wildman–Crippen MR) is 56.6 cm³/mol. The minimum absolute atomic E-state index is 0.183. The summed E-state index contributed by atoms with van der Waals surface area (Å²) in [4.78, 5) is 5.28. The van der Waals surface area contributed by atoms with Crippen molar-refractivity contribution in [3.05, 3.63) is 36.4 Å². The third-order valence-corrected chi connectivity index (χ3v) is 3.04. The number of nitrogens with zero attached hydrogens (tertiary/aromatic N) is 2. The largest absolute Gasteiger partial charge is 0.534 e. The Labute approximate surface area is 101 Å². The number of hydrogen-bond donors (Lipinski definition) is 0. The van der Waals surface area contributed by atoms with Crippen LogP contribution in [0.3, 0.4) is 0 Å². The van der Waals surface area contributed by atoms with Gasteiger partial charge in [-0.1, -0.05) is 6.08 Å². The molecule has 98 valence electrons. The van der Waals surface area contributed by atoms with E-state index in [2.05, 4.69) is 9.18 Å². The van der Waals surface area contributed by atoms with Gasteiger partial charge in [0.1, 0.15) is 5.84 Å². The van der Waals surface area contributed by atoms with Crippen molar-refractivity contribution in [2.45, 2.75) is 5.51 Å². The van der Waals surface area contributed by atoms with Crippen LogP contribution in [0.2, 0.25) is 0 Å². The molecular formula is C9H7F3N2O3S. The molecule has 9 heteroatoms. The second-order valence-electron chi connectivity index (χ2n) is 3.35. The molecule has 0 fully saturated rings. The zero-order chi connectivity index (χ0) is 13.4. The lowest BCUT2D eigenvalue weighted by Crippen LogP contribution is -2.31. The molecular weight excluding hydrogens is 273 g/mol. The Morgan fingerprint density at radius 2 is 2.06 bits per heavy atom. The summed E-state index contributed by atoms with van der Waals surface area (Å²) in [6, 6.07) is 0. The molecule has 2 aliphatic heterocycles. The van der Waals surface area contributed by atoms with Crippen molar-refractivity contribution in [2.24, 2.45) is 4.99 Å². The summed E-state index contributed by atoms with van der Waals surface area (Å²) in [5.41, 5.74) is -5.46. The van der Waals surface area contributed by atoms with Crippen molar-refractivity contribution in [2.75, 3.05) is 6.54 Å². The highest BCUT2D eigenvalue weighted by Crippen LogP contribution is 2.27. The minimum Gasteiger partial charge on any atom is -0.355 e. The number of hydrogen-bond acceptors (Lipinski definition) is 5. The van der Waals surface area contributed by atoms with Gasteiger partial charge < -0.3 is 9.08 Å². The lowest BCUT2D eigenvalue weighted by molar-refractivity contribution is -0.0522. The van der Waals surface area contributed by atoms with Gasteiger partial charge in [-0.05, 0) is 18.2 Å². The Balaban J connectivity index is 2.19. The Bertz CT molecular complexity index is 572. The van der Waals surface area contributed by atoms with Crippen molar-refractivity contribution >= 4 is 16.0 Å². The van der Waals surface area contributed by atoms with Gasteiger partial charge in [0.25, 0.3) is 0 Å². The summed E-state index contributed by atoms with van der Waals surface area (Å²) in [6.07, 6.45) is 7.67. The maximum absolute atomic E-state index is 12.1. The lowest BCUT2D eigenvalue weighted by Gasteiger charge is -2.24. The zero-order valence-electron chi connectivity index (χ0n) is 8.76. The molecule has 0 saturated heterocycles. The van der Waals surface area contributed by atoms with E-state index < -0.39 is 21.5 Å². The van der Waals surface area contributed by atoms with Crippen LogP contribution >= 0.6 is 0 Å². The van der Waals surface area contributed by atoms with Crippen molar-refractivity contribution in [3.8, 4) is 0 Å². The number of halogens is 3. The highest BCUT2D eigenvalue weighted by atomic mass is 32.2. The van der Waals surface area contributed by atoms with Crippen LogP contribution in [0.4, 0.5) is 13.2 Å². The van der Waals surface area contributed by atoms with Gasteiger partial charge in [0.2, 0.25) is 5.88 Å². The minimum atomic E-state index is -5.67. The monoisotopic (exact) mass is 280 g/mol. The first kappa shape index (κ1) is 12.7. The van der Waals surface area contributed by atoms with Gasteiger partial charge in [-0.15, -0.1) is 0 Å². The van der Waals surface area contributed by atoms with Gasteiger partial charge in [0, 0.05) is 12.7 Å². The standard InChI is InChI=1S/C9H7F3N2O3S/c10-9(11,12)18(15,16)17-8-4-6-14-5-2-1-3-7(14)13-8/h1-5H,6H2. The normalized spacial score (nSPS) is 19.2. The van der Waals surface area contributed by atoms with E-state index in [1.54, 1.807) is 23.3 Å². The highest BCUT2D eigenvalue weighted by Gasteiger charge is 2.49. The molecule has 0 N–H and O–H groups in total. The van der Waals surface area contributed by atoms with E-state index in [4.69, 9.17) is 0 Å². The van der Waals surface area contributed by atoms with Crippen molar-refractivity contribution < 1.29 is 25.8 Å². The van der Waals surface area contributed by atoms with E-state index in [9.17, 15) is 21.6 Å². The summed E-state index contributed by atoms with van der Waals surface area (Å²) in [6.45, 7) is 0.183. The van der Waals surface area contributed by atoms with Crippen LogP contribution in [0.25, 0.3) is 0 Å². The number of amidine groups is 1. The van der Waals surface area contributed by atoms with E-state index in [-0.39, 0.29) is 6.54 Å². The number of alkyl halides is 3. The average molecular weight is 280 g/mol. The first-order valence-corrected chi connectivity index (χ1v) is 6.11. The molecule has 0 unspecified atom stereocenters. The second-order valence-corrected chi connectivity index (χ2v) is 4.89. The molecule has 2 rings (SSSR count). The van der Waals surface area contributed by atoms with Gasteiger partial charge in [0.15, 0.2) is 0 Å². The number of allylic oxidation sites excluding steroid dienone is 2. The highest BCUT2D eigenvalue weighted by molar-refractivity contribution is 7.87. The Hall–Kier alpha value is -1.77. The molecule has 0 spiro atoms. The summed E-state index contributed by atoms with van der Waals surface area (Å²) in [5, 5.41) is 0. The fourth-order valence-electron chi connectivity index (χ4n) is 1.27. The molecule has 2 aliphatic rings. The third kappa shape index (κ3) is 2.40. The summed E-state index contributed by atoms with van der Waals surface area (Å²) < 4.78 is 61.8. The molecule has 0 amide bonds. The van der Waals surface area contributed by atoms with E-state index in [1.165, 1.54) is 6.08 Å². The maximum Gasteiger partial charge on any atom is 0.534 e. The molecule has 0 aromatic rings. The fraction of sp³-hybridized carbons (Fsp3) is 0.222. The molecule has 2 heterocycles. The Morgan fingerprint density at radius 3 is 2.72 bits per heavy atom. The van der Waals surface area contributed by atoms with E-state index in [0.717, 1.165) is 6.08 Å². The van der Waals surface area contributed by atoms with Gasteiger partial charge in [-0.3, -0.25) is 0 Å². The Kier molecular flexibility index (Phi) is 2.93. The zero-order valence-corrected chi connectivity index (χ0v) is 9.57. The third-order valence-electron chi connectivity index (χ3n) is 2.08. The summed E-state index contributed by atoms with van der Waals surface area (Å²) in [5.74, 6) is -0.272. The fourth-order valence-corrected chi connectivity index (χ4v) is 1.70. The topological polar surface area (TPSA) is 59.0 Å². The number of rotatable bonds is 2. The molecule has 5 nitrogen and oxygen atoms in total. The summed E-state index contributed by atoms with van der Waals surface area (Å²) in [7, 11) is -5.67. The van der Waals surface area contributed by atoms with Crippen molar-refractivity contribution in [1.29, 1.82) is 0 Å². The molecule has 0 saturated carbocycles. The van der Waals surface area contributed by atoms with Crippen LogP contribution in [0.5, 0.6) is 0 Å². The smallest absolute Gasteiger partial charge is 0.355 e. The SMILES string of the molecule is O=S(=O)(OC1=CCN2C=CC=CC2=N1)C(F)(F)F. The van der Waals surface area contributed by atoms with E-state index in [1.807, 2.05) is 0 Å². The van der Waals surface area contributed by atoms with Crippen LogP contribution in [-0.4, -0.2) is 31.2 Å². The van der Waals surface area contributed by atoms with E-state index >= 15 is 0 Å². The van der Waals surface area contributed by atoms with Gasteiger partial charge >= 0.3 is 15.6 Å².